The summed E-state index contributed by atoms with van der Waals surface area (Å²) in [5.41, 5.74) is 20.3. The van der Waals surface area contributed by atoms with Crippen molar-refractivity contribution < 1.29 is 0 Å². The molecule has 0 heterocycles. The fraction of sp³-hybridized carbons (Fsp3) is 0.0909. The van der Waals surface area contributed by atoms with Crippen LogP contribution in [0.15, 0.2) is 109 Å². The highest BCUT2D eigenvalue weighted by Gasteiger charge is 2.16. The molecule has 0 bridgehead atoms. The van der Waals surface area contributed by atoms with Gasteiger partial charge in [0.15, 0.2) is 0 Å². The molecule has 0 saturated heterocycles. The van der Waals surface area contributed by atoms with Crippen LogP contribution in [0.3, 0.4) is 0 Å². The summed E-state index contributed by atoms with van der Waals surface area (Å²) in [6.45, 7) is 6.39. The molecular formula is C33H29N. The fourth-order valence-electron chi connectivity index (χ4n) is 4.42. The summed E-state index contributed by atoms with van der Waals surface area (Å²) in [5, 5.41) is 0. The maximum absolute atomic E-state index is 6.02. The molecule has 0 radical (unpaired) electrons. The zero-order chi connectivity index (χ0) is 23.7. The van der Waals surface area contributed by atoms with Crippen LogP contribution >= 0.6 is 0 Å². The molecule has 0 fully saturated rings. The van der Waals surface area contributed by atoms with E-state index in [4.69, 9.17) is 5.73 Å². The zero-order valence-electron chi connectivity index (χ0n) is 20.0. The summed E-state index contributed by atoms with van der Waals surface area (Å²) in [4.78, 5) is 0. The first-order valence-electron chi connectivity index (χ1n) is 11.7. The molecular weight excluding hydrogens is 410 g/mol. The van der Waals surface area contributed by atoms with Gasteiger partial charge in [-0.1, -0.05) is 102 Å². The third kappa shape index (κ3) is 4.38. The quantitative estimate of drug-likeness (QED) is 0.278. The van der Waals surface area contributed by atoms with Crippen molar-refractivity contribution >= 4 is 5.69 Å². The van der Waals surface area contributed by atoms with Crippen LogP contribution in [0.4, 0.5) is 5.69 Å². The molecule has 0 aliphatic carbocycles. The lowest BCUT2D eigenvalue weighted by Crippen LogP contribution is -1.93. The number of anilines is 1. The molecule has 2 N–H and O–H groups in total. The highest BCUT2D eigenvalue weighted by Crippen LogP contribution is 2.42. The van der Waals surface area contributed by atoms with Crippen molar-refractivity contribution in [2.45, 2.75) is 20.8 Å². The van der Waals surface area contributed by atoms with Gasteiger partial charge in [0, 0.05) is 5.69 Å². The van der Waals surface area contributed by atoms with Gasteiger partial charge in [-0.25, -0.2) is 0 Å². The first-order valence-corrected chi connectivity index (χ1v) is 11.7. The van der Waals surface area contributed by atoms with E-state index in [2.05, 4.69) is 118 Å². The van der Waals surface area contributed by atoms with E-state index in [-0.39, 0.29) is 0 Å². The molecule has 0 aliphatic rings. The average Bonchev–Trinajstić information content (AvgIpc) is 2.85. The first-order chi connectivity index (χ1) is 16.5. The number of benzene rings is 5. The largest absolute Gasteiger partial charge is 0.399 e. The lowest BCUT2D eigenvalue weighted by molar-refractivity contribution is 1.45. The molecule has 1 heteroatoms. The minimum atomic E-state index is 0.774. The predicted molar refractivity (Wildman–Crippen MR) is 147 cm³/mol. The Balaban J connectivity index is 1.83. The first kappa shape index (κ1) is 21.7. The van der Waals surface area contributed by atoms with Gasteiger partial charge in [0.05, 0.1) is 0 Å². The highest BCUT2D eigenvalue weighted by atomic mass is 14.5. The Morgan fingerprint density at radius 3 is 0.853 bits per heavy atom. The minimum absolute atomic E-state index is 0.774. The number of rotatable bonds is 4. The Morgan fingerprint density at radius 1 is 0.353 bits per heavy atom. The van der Waals surface area contributed by atoms with Crippen molar-refractivity contribution in [2.24, 2.45) is 0 Å². The second-order valence-electron chi connectivity index (χ2n) is 9.16. The monoisotopic (exact) mass is 439 g/mol. The van der Waals surface area contributed by atoms with Gasteiger partial charge in [-0.3, -0.25) is 0 Å². The van der Waals surface area contributed by atoms with E-state index in [0.717, 1.165) is 11.3 Å². The second-order valence-corrected chi connectivity index (χ2v) is 9.16. The number of hydrogen-bond acceptors (Lipinski definition) is 1. The third-order valence-electron chi connectivity index (χ3n) is 6.47. The maximum atomic E-state index is 6.02. The normalized spacial score (nSPS) is 10.9. The Kier molecular flexibility index (Phi) is 5.77. The Labute approximate surface area is 202 Å². The van der Waals surface area contributed by atoms with Crippen molar-refractivity contribution in [2.75, 3.05) is 5.73 Å². The van der Waals surface area contributed by atoms with Crippen LogP contribution in [0.25, 0.3) is 44.5 Å². The summed E-state index contributed by atoms with van der Waals surface area (Å²) >= 11 is 0. The van der Waals surface area contributed by atoms with Crippen LogP contribution in [0, 0.1) is 20.8 Å². The summed E-state index contributed by atoms with van der Waals surface area (Å²) in [5.74, 6) is 0. The lowest BCUT2D eigenvalue weighted by atomic mass is 9.85. The molecule has 0 saturated carbocycles. The van der Waals surface area contributed by atoms with Gasteiger partial charge in [-0.05, 0) is 89.5 Å². The molecule has 5 aromatic rings. The molecule has 0 aliphatic heterocycles. The summed E-state index contributed by atoms with van der Waals surface area (Å²) < 4.78 is 0. The lowest BCUT2D eigenvalue weighted by Gasteiger charge is -2.19. The molecule has 0 spiro atoms. The topological polar surface area (TPSA) is 26.0 Å². The van der Waals surface area contributed by atoms with Gasteiger partial charge in [0.25, 0.3) is 0 Å². The van der Waals surface area contributed by atoms with Crippen LogP contribution < -0.4 is 5.73 Å². The zero-order valence-corrected chi connectivity index (χ0v) is 20.0. The van der Waals surface area contributed by atoms with Crippen molar-refractivity contribution in [3.05, 3.63) is 126 Å². The molecule has 5 aromatic carbocycles. The minimum Gasteiger partial charge on any atom is -0.399 e. The van der Waals surface area contributed by atoms with E-state index in [1.807, 2.05) is 12.1 Å². The van der Waals surface area contributed by atoms with E-state index < -0.39 is 0 Å². The van der Waals surface area contributed by atoms with E-state index in [1.54, 1.807) is 0 Å². The third-order valence-corrected chi connectivity index (χ3v) is 6.47. The number of aryl methyl sites for hydroxylation is 3. The van der Waals surface area contributed by atoms with Gasteiger partial charge in [0.2, 0.25) is 0 Å². The van der Waals surface area contributed by atoms with Crippen molar-refractivity contribution in [1.29, 1.82) is 0 Å². The van der Waals surface area contributed by atoms with Crippen molar-refractivity contribution in [3.8, 4) is 44.5 Å². The Bertz CT molecular complexity index is 1200. The van der Waals surface area contributed by atoms with Gasteiger partial charge < -0.3 is 5.73 Å². The molecule has 0 atom stereocenters. The number of nitrogen functional groups attached to an aromatic ring is 1. The van der Waals surface area contributed by atoms with Gasteiger partial charge in [-0.15, -0.1) is 0 Å². The van der Waals surface area contributed by atoms with Crippen LogP contribution in [-0.2, 0) is 0 Å². The molecule has 5 rings (SSSR count). The standard InChI is InChI=1S/C33H29N/c1-22-4-10-25(11-5-22)30-20-32(27-14-8-24(3)9-15-27)33(28-16-18-29(34)19-17-28)21-31(30)26-12-6-23(2)7-13-26/h4-21H,34H2,1-3H3. The van der Waals surface area contributed by atoms with Crippen molar-refractivity contribution in [1.82, 2.24) is 0 Å². The van der Waals surface area contributed by atoms with Gasteiger partial charge in [0.1, 0.15) is 0 Å². The van der Waals surface area contributed by atoms with Crippen LogP contribution in [0.1, 0.15) is 16.7 Å². The van der Waals surface area contributed by atoms with Crippen LogP contribution in [0.2, 0.25) is 0 Å². The van der Waals surface area contributed by atoms with Gasteiger partial charge >= 0.3 is 0 Å². The van der Waals surface area contributed by atoms with E-state index in [9.17, 15) is 0 Å². The molecule has 1 nitrogen and oxygen atoms in total. The second kappa shape index (κ2) is 9.03. The summed E-state index contributed by atoms with van der Waals surface area (Å²) in [6, 6.07) is 39.3. The van der Waals surface area contributed by atoms with Crippen LogP contribution in [0.5, 0.6) is 0 Å². The average molecular weight is 440 g/mol. The maximum Gasteiger partial charge on any atom is 0.0314 e. The molecule has 0 aromatic heterocycles. The van der Waals surface area contributed by atoms with Crippen molar-refractivity contribution in [3.63, 3.8) is 0 Å². The SMILES string of the molecule is Cc1ccc(-c2cc(-c3ccc(C)cc3)c(-c3ccc(N)cc3)cc2-c2ccc(C)cc2)cc1. The molecule has 0 unspecified atom stereocenters. The van der Waals surface area contributed by atoms with E-state index in [1.165, 1.54) is 55.6 Å². The smallest absolute Gasteiger partial charge is 0.0314 e. The van der Waals surface area contributed by atoms with E-state index in [0.29, 0.717) is 0 Å². The Hall–Kier alpha value is -4.10. The highest BCUT2D eigenvalue weighted by molar-refractivity contribution is 5.95. The van der Waals surface area contributed by atoms with Gasteiger partial charge in [-0.2, -0.15) is 0 Å². The fourth-order valence-corrected chi connectivity index (χ4v) is 4.42. The Morgan fingerprint density at radius 2 is 0.588 bits per heavy atom. The number of hydrogen-bond donors (Lipinski definition) is 1. The molecule has 0 amide bonds. The van der Waals surface area contributed by atoms with E-state index >= 15 is 0 Å². The number of nitrogens with two attached hydrogens (primary N) is 1. The molecule has 166 valence electrons. The predicted octanol–water partition coefficient (Wildman–Crippen LogP) is 8.86. The van der Waals surface area contributed by atoms with Crippen LogP contribution in [-0.4, -0.2) is 0 Å². The summed E-state index contributed by atoms with van der Waals surface area (Å²) in [6.07, 6.45) is 0. The molecule has 34 heavy (non-hydrogen) atoms. The summed E-state index contributed by atoms with van der Waals surface area (Å²) in [7, 11) is 0.